The average Bonchev–Trinajstić information content (AvgIpc) is 3.48. The van der Waals surface area contributed by atoms with Crippen molar-refractivity contribution in [3.63, 3.8) is 0 Å². The quantitative estimate of drug-likeness (QED) is 0.127. The van der Waals surface area contributed by atoms with Crippen LogP contribution in [0.25, 0.3) is 6.08 Å². The predicted molar refractivity (Wildman–Crippen MR) is 130 cm³/mol. The lowest BCUT2D eigenvalue weighted by atomic mass is 9.85. The van der Waals surface area contributed by atoms with E-state index in [9.17, 15) is 14.4 Å². The van der Waals surface area contributed by atoms with Crippen molar-refractivity contribution in [3.8, 4) is 5.75 Å². The van der Waals surface area contributed by atoms with Gasteiger partial charge in [0.15, 0.2) is 5.75 Å². The van der Waals surface area contributed by atoms with Crippen molar-refractivity contribution in [3.05, 3.63) is 80.8 Å². The molecule has 0 radical (unpaired) electrons. The Balaban J connectivity index is 1.37. The number of imide groups is 1. The lowest BCUT2D eigenvalue weighted by molar-refractivity contribution is -0.140. The molecule has 166 valence electrons. The van der Waals surface area contributed by atoms with Crippen LogP contribution in [0, 0.1) is 23.7 Å². The van der Waals surface area contributed by atoms with E-state index in [0.717, 1.165) is 17.0 Å². The highest BCUT2D eigenvalue weighted by atomic mass is 79.9. The second-order valence-corrected chi connectivity index (χ2v) is 9.97. The molecule has 0 unspecified atom stereocenters. The van der Waals surface area contributed by atoms with Crippen LogP contribution in [0.2, 0.25) is 0 Å². The maximum atomic E-state index is 12.9. The number of amides is 2. The molecule has 0 N–H and O–H groups in total. The summed E-state index contributed by atoms with van der Waals surface area (Å²) in [5.74, 6) is -1.27. The van der Waals surface area contributed by atoms with E-state index >= 15 is 0 Å². The first-order valence-corrected chi connectivity index (χ1v) is 12.0. The third-order valence-electron chi connectivity index (χ3n) is 6.21. The number of ether oxygens (including phenoxy) is 1. The number of halogens is 2. The van der Waals surface area contributed by atoms with Crippen LogP contribution in [0.3, 0.4) is 0 Å². The van der Waals surface area contributed by atoms with Crippen LogP contribution in [0.1, 0.15) is 17.5 Å². The van der Waals surface area contributed by atoms with Gasteiger partial charge >= 0.3 is 5.97 Å². The van der Waals surface area contributed by atoms with Crippen LogP contribution >= 0.6 is 31.9 Å². The number of carbonyl (C=O) groups is 3. The molecule has 2 aromatic carbocycles. The standard InChI is InChI=1S/C25H18Br2N2O4/c26-18-11-17(13-28-29-24(31)21-15-7-8-16(10-15)22(21)25(29)32)23(19(27)12-18)33-20(30)9-6-14-4-2-1-3-5-14/h1-9,11-13,15-16,21-22H,10H2/b9-6+,28-13?/t15-,16-,21-,22+/m0/s1. The Bertz CT molecular complexity index is 1210. The zero-order valence-electron chi connectivity index (χ0n) is 17.2. The summed E-state index contributed by atoms with van der Waals surface area (Å²) >= 11 is 6.83. The maximum absolute atomic E-state index is 12.9. The Kier molecular flexibility index (Phi) is 5.88. The van der Waals surface area contributed by atoms with E-state index in [0.29, 0.717) is 14.5 Å². The predicted octanol–water partition coefficient (Wildman–Crippen LogP) is 4.97. The molecule has 2 bridgehead atoms. The minimum Gasteiger partial charge on any atom is -0.421 e. The molecule has 1 saturated heterocycles. The average molecular weight is 570 g/mol. The zero-order chi connectivity index (χ0) is 23.1. The fourth-order valence-electron chi connectivity index (χ4n) is 4.77. The summed E-state index contributed by atoms with van der Waals surface area (Å²) < 4.78 is 6.80. The van der Waals surface area contributed by atoms with Gasteiger partial charge in [0, 0.05) is 16.1 Å². The lowest BCUT2D eigenvalue weighted by Crippen LogP contribution is -2.28. The lowest BCUT2D eigenvalue weighted by Gasteiger charge is -2.13. The summed E-state index contributed by atoms with van der Waals surface area (Å²) in [6, 6.07) is 12.8. The van der Waals surface area contributed by atoms with Gasteiger partial charge in [0.25, 0.3) is 11.8 Å². The van der Waals surface area contributed by atoms with Gasteiger partial charge in [0.05, 0.1) is 22.5 Å². The Hall–Kier alpha value is -2.84. The number of esters is 1. The SMILES string of the molecule is O=C(/C=C/c1ccccc1)Oc1c(Br)cc(Br)cc1C=NN1C(=O)[C@@H]2[C@H](C1=O)[C@H]1C=C[C@H]2C1. The van der Waals surface area contributed by atoms with Gasteiger partial charge in [-0.25, -0.2) is 4.79 Å². The van der Waals surface area contributed by atoms with Crippen LogP contribution in [0.4, 0.5) is 0 Å². The van der Waals surface area contributed by atoms with E-state index in [1.54, 1.807) is 18.2 Å². The second kappa shape index (κ2) is 8.83. The monoisotopic (exact) mass is 568 g/mol. The van der Waals surface area contributed by atoms with Gasteiger partial charge in [-0.1, -0.05) is 58.4 Å². The molecule has 5 rings (SSSR count). The molecule has 1 aliphatic heterocycles. The summed E-state index contributed by atoms with van der Waals surface area (Å²) in [7, 11) is 0. The summed E-state index contributed by atoms with van der Waals surface area (Å²) in [5.41, 5.74) is 1.31. The maximum Gasteiger partial charge on any atom is 0.336 e. The molecule has 2 aliphatic carbocycles. The van der Waals surface area contributed by atoms with Gasteiger partial charge in [-0.15, -0.1) is 0 Å². The van der Waals surface area contributed by atoms with Crippen LogP contribution in [0.5, 0.6) is 5.75 Å². The number of hydrogen-bond acceptors (Lipinski definition) is 5. The van der Waals surface area contributed by atoms with Crippen LogP contribution in [0.15, 0.2) is 74.7 Å². The Morgan fingerprint density at radius 1 is 1.03 bits per heavy atom. The molecule has 2 amide bonds. The topological polar surface area (TPSA) is 76.0 Å². The molecule has 0 aromatic heterocycles. The summed E-state index contributed by atoms with van der Waals surface area (Å²) in [6.07, 6.45) is 9.31. The smallest absolute Gasteiger partial charge is 0.336 e. The molecule has 2 fully saturated rings. The summed E-state index contributed by atoms with van der Waals surface area (Å²) in [4.78, 5) is 38.2. The van der Waals surface area contributed by atoms with Crippen molar-refractivity contribution in [1.82, 2.24) is 5.01 Å². The fraction of sp³-hybridized carbons (Fsp3) is 0.200. The first-order valence-electron chi connectivity index (χ1n) is 10.5. The molecule has 0 spiro atoms. The van der Waals surface area contributed by atoms with Crippen LogP contribution in [-0.2, 0) is 14.4 Å². The number of fused-ring (bicyclic) bond motifs is 5. The van der Waals surface area contributed by atoms with Crippen molar-refractivity contribution in [2.75, 3.05) is 0 Å². The molecule has 3 aliphatic rings. The third kappa shape index (κ3) is 4.13. The number of hydrogen-bond donors (Lipinski definition) is 0. The first-order chi connectivity index (χ1) is 15.9. The summed E-state index contributed by atoms with van der Waals surface area (Å²) in [5, 5.41) is 5.18. The van der Waals surface area contributed by atoms with Gasteiger partial charge in [-0.3, -0.25) is 9.59 Å². The second-order valence-electron chi connectivity index (χ2n) is 8.20. The van der Waals surface area contributed by atoms with Crippen molar-refractivity contribution in [1.29, 1.82) is 0 Å². The van der Waals surface area contributed by atoms with Crippen LogP contribution in [-0.4, -0.2) is 29.0 Å². The van der Waals surface area contributed by atoms with Crippen molar-refractivity contribution >= 4 is 61.9 Å². The number of carbonyl (C=O) groups excluding carboxylic acids is 3. The van der Waals surface area contributed by atoms with Crippen LogP contribution < -0.4 is 4.74 Å². The Labute approximate surface area is 207 Å². The number of allylic oxidation sites excluding steroid dienone is 2. The van der Waals surface area contributed by atoms with E-state index in [1.165, 1.54) is 12.3 Å². The molecular weight excluding hydrogens is 552 g/mol. The van der Waals surface area contributed by atoms with E-state index in [1.807, 2.05) is 42.5 Å². The van der Waals surface area contributed by atoms with Crippen molar-refractivity contribution in [2.45, 2.75) is 6.42 Å². The first kappa shape index (κ1) is 22.0. The van der Waals surface area contributed by atoms with Crippen molar-refractivity contribution < 1.29 is 19.1 Å². The molecule has 33 heavy (non-hydrogen) atoms. The van der Waals surface area contributed by atoms with Gasteiger partial charge < -0.3 is 4.74 Å². The van der Waals surface area contributed by atoms with Gasteiger partial charge in [0.2, 0.25) is 0 Å². The van der Waals surface area contributed by atoms with Gasteiger partial charge in [-0.05, 0) is 58.0 Å². The van der Waals surface area contributed by atoms with E-state index in [-0.39, 0.29) is 41.2 Å². The number of nitrogens with zero attached hydrogens (tertiary/aromatic N) is 2. The Morgan fingerprint density at radius 3 is 2.36 bits per heavy atom. The van der Waals surface area contributed by atoms with Crippen molar-refractivity contribution in [2.24, 2.45) is 28.8 Å². The molecule has 1 heterocycles. The van der Waals surface area contributed by atoms with Gasteiger partial charge in [-0.2, -0.15) is 10.1 Å². The normalized spacial score (nSPS) is 25.6. The van der Waals surface area contributed by atoms with E-state index in [2.05, 4.69) is 37.0 Å². The highest BCUT2D eigenvalue weighted by Crippen LogP contribution is 2.52. The molecule has 4 atom stereocenters. The number of benzene rings is 2. The van der Waals surface area contributed by atoms with E-state index < -0.39 is 5.97 Å². The molecular formula is C25H18Br2N2O4. The third-order valence-corrected chi connectivity index (χ3v) is 7.26. The molecule has 2 aromatic rings. The van der Waals surface area contributed by atoms with Gasteiger partial charge in [0.1, 0.15) is 0 Å². The Morgan fingerprint density at radius 2 is 1.70 bits per heavy atom. The highest BCUT2D eigenvalue weighted by molar-refractivity contribution is 9.11. The summed E-state index contributed by atoms with van der Waals surface area (Å²) in [6.45, 7) is 0. The molecule has 8 heteroatoms. The molecule has 6 nitrogen and oxygen atoms in total. The minimum absolute atomic E-state index is 0.115. The molecule has 1 saturated carbocycles. The van der Waals surface area contributed by atoms with E-state index in [4.69, 9.17) is 4.74 Å². The fourth-order valence-corrected chi connectivity index (χ4v) is 6.11. The minimum atomic E-state index is -0.568. The number of rotatable bonds is 5. The largest absolute Gasteiger partial charge is 0.421 e. The number of hydrazone groups is 1. The highest BCUT2D eigenvalue weighted by Gasteiger charge is 2.59. The zero-order valence-corrected chi connectivity index (χ0v) is 20.4.